The Morgan fingerprint density at radius 2 is 2.00 bits per heavy atom. The number of amides is 2. The van der Waals surface area contributed by atoms with Crippen LogP contribution in [0.1, 0.15) is 19.3 Å². The molecule has 116 valence electrons. The molecule has 0 aliphatic carbocycles. The first-order valence-corrected chi connectivity index (χ1v) is 7.55. The lowest BCUT2D eigenvalue weighted by Crippen LogP contribution is -2.35. The Morgan fingerprint density at radius 1 is 1.23 bits per heavy atom. The zero-order valence-corrected chi connectivity index (χ0v) is 12.7. The quantitative estimate of drug-likeness (QED) is 0.754. The lowest BCUT2D eigenvalue weighted by Gasteiger charge is -2.27. The summed E-state index contributed by atoms with van der Waals surface area (Å²) in [5, 5.41) is 1.30. The molecule has 8 heteroatoms. The Morgan fingerprint density at radius 3 is 2.73 bits per heavy atom. The summed E-state index contributed by atoms with van der Waals surface area (Å²) in [6.45, 7) is 1.86. The second-order valence-corrected chi connectivity index (χ2v) is 5.63. The van der Waals surface area contributed by atoms with Gasteiger partial charge in [-0.25, -0.2) is 9.78 Å². The summed E-state index contributed by atoms with van der Waals surface area (Å²) in [7, 11) is 0. The van der Waals surface area contributed by atoms with Gasteiger partial charge in [0, 0.05) is 23.5 Å². The Hall–Kier alpha value is -2.28. The van der Waals surface area contributed by atoms with Crippen LogP contribution in [0.4, 0.5) is 16.6 Å². The number of nitrogens with two attached hydrogens (primary N) is 1. The van der Waals surface area contributed by atoms with E-state index in [2.05, 4.69) is 25.7 Å². The molecule has 1 aliphatic rings. The lowest BCUT2D eigenvalue weighted by molar-refractivity contribution is 0.250. The predicted octanol–water partition coefficient (Wildman–Crippen LogP) is 2.27. The van der Waals surface area contributed by atoms with E-state index in [1.54, 1.807) is 12.1 Å². The van der Waals surface area contributed by atoms with Crippen molar-refractivity contribution in [2.45, 2.75) is 19.3 Å². The minimum atomic E-state index is -0.687. The van der Waals surface area contributed by atoms with Gasteiger partial charge in [0.05, 0.1) is 5.52 Å². The van der Waals surface area contributed by atoms with Crippen molar-refractivity contribution in [1.29, 1.82) is 0 Å². The van der Waals surface area contributed by atoms with Crippen molar-refractivity contribution in [3.63, 3.8) is 0 Å². The summed E-state index contributed by atoms with van der Waals surface area (Å²) in [5.41, 5.74) is 10.9. The standard InChI is InChI=1S/C14H17ClN6O/c15-9-4-5-11-10(8-9)12(19-20-13(16)22)18-14(17-11)21-6-2-1-3-7-21/h4-5,8H,1-3,6-7H2,(H3,16,20,22)(H,17,18,19). The number of fused-ring (bicyclic) bond motifs is 1. The van der Waals surface area contributed by atoms with E-state index in [9.17, 15) is 4.79 Å². The van der Waals surface area contributed by atoms with Crippen LogP contribution in [-0.2, 0) is 0 Å². The second kappa shape index (κ2) is 6.23. The van der Waals surface area contributed by atoms with Gasteiger partial charge in [0.15, 0.2) is 5.82 Å². The average Bonchev–Trinajstić information content (AvgIpc) is 2.53. The number of carbonyl (C=O) groups excluding carboxylic acids is 1. The molecule has 1 fully saturated rings. The largest absolute Gasteiger partial charge is 0.350 e. The lowest BCUT2D eigenvalue weighted by atomic mass is 10.1. The predicted molar refractivity (Wildman–Crippen MR) is 87.0 cm³/mol. The highest BCUT2D eigenvalue weighted by Crippen LogP contribution is 2.27. The summed E-state index contributed by atoms with van der Waals surface area (Å²) < 4.78 is 0. The van der Waals surface area contributed by atoms with Crippen LogP contribution in [0.25, 0.3) is 10.9 Å². The van der Waals surface area contributed by atoms with Crippen molar-refractivity contribution in [3.8, 4) is 0 Å². The number of rotatable bonds is 3. The number of nitrogens with one attached hydrogen (secondary N) is 2. The molecule has 1 aromatic heterocycles. The SMILES string of the molecule is NC(=O)NNc1nc(N2CCCCC2)nc2ccc(Cl)cc12. The van der Waals surface area contributed by atoms with Crippen molar-refractivity contribution in [2.24, 2.45) is 5.73 Å². The van der Waals surface area contributed by atoms with Gasteiger partial charge in [-0.15, -0.1) is 0 Å². The zero-order chi connectivity index (χ0) is 15.5. The van der Waals surface area contributed by atoms with Crippen LogP contribution < -0.4 is 21.5 Å². The van der Waals surface area contributed by atoms with Crippen molar-refractivity contribution in [1.82, 2.24) is 15.4 Å². The number of aromatic nitrogens is 2. The van der Waals surface area contributed by atoms with Crippen LogP contribution in [0.5, 0.6) is 0 Å². The van der Waals surface area contributed by atoms with E-state index >= 15 is 0 Å². The highest BCUT2D eigenvalue weighted by atomic mass is 35.5. The molecule has 0 atom stereocenters. The Bertz CT molecular complexity index is 701. The Labute approximate surface area is 132 Å². The van der Waals surface area contributed by atoms with E-state index in [4.69, 9.17) is 17.3 Å². The average molecular weight is 321 g/mol. The summed E-state index contributed by atoms with van der Waals surface area (Å²) in [6, 6.07) is 4.68. The Balaban J connectivity index is 2.02. The molecule has 7 nitrogen and oxygen atoms in total. The fraction of sp³-hybridized carbons (Fsp3) is 0.357. The molecule has 22 heavy (non-hydrogen) atoms. The molecule has 0 unspecified atom stereocenters. The van der Waals surface area contributed by atoms with Gasteiger partial charge in [0.2, 0.25) is 5.95 Å². The first kappa shape index (κ1) is 14.6. The molecule has 0 radical (unpaired) electrons. The first-order chi connectivity index (χ1) is 10.6. The Kier molecular flexibility index (Phi) is 4.15. The third kappa shape index (κ3) is 3.14. The van der Waals surface area contributed by atoms with Gasteiger partial charge in [0.25, 0.3) is 0 Å². The number of carbonyl (C=O) groups is 1. The summed E-state index contributed by atoms with van der Waals surface area (Å²) in [4.78, 5) is 22.2. The van der Waals surface area contributed by atoms with Crippen LogP contribution in [-0.4, -0.2) is 29.1 Å². The number of hydrazine groups is 1. The molecule has 0 spiro atoms. The maximum atomic E-state index is 10.9. The molecule has 2 amide bonds. The second-order valence-electron chi connectivity index (χ2n) is 5.20. The normalized spacial score (nSPS) is 14.9. The molecule has 0 bridgehead atoms. The third-order valence-corrected chi connectivity index (χ3v) is 3.82. The van der Waals surface area contributed by atoms with Gasteiger partial charge in [0.1, 0.15) is 0 Å². The maximum absolute atomic E-state index is 10.9. The minimum Gasteiger partial charge on any atom is -0.350 e. The van der Waals surface area contributed by atoms with Crippen LogP contribution in [0.3, 0.4) is 0 Å². The molecule has 0 saturated carbocycles. The molecule has 1 aromatic carbocycles. The fourth-order valence-corrected chi connectivity index (χ4v) is 2.71. The molecular formula is C14H17ClN6O. The number of nitrogens with zero attached hydrogens (tertiary/aromatic N) is 3. The van der Waals surface area contributed by atoms with E-state index < -0.39 is 6.03 Å². The summed E-state index contributed by atoms with van der Waals surface area (Å²) in [6.07, 6.45) is 3.49. The number of hydrogen-bond acceptors (Lipinski definition) is 5. The number of primary amides is 1. The van der Waals surface area contributed by atoms with Gasteiger partial charge in [-0.05, 0) is 37.5 Å². The van der Waals surface area contributed by atoms with Crippen LogP contribution >= 0.6 is 11.6 Å². The minimum absolute atomic E-state index is 0.479. The molecule has 2 heterocycles. The molecule has 4 N–H and O–H groups in total. The number of anilines is 2. The van der Waals surface area contributed by atoms with E-state index in [0.717, 1.165) is 36.8 Å². The van der Waals surface area contributed by atoms with Gasteiger partial charge in [-0.2, -0.15) is 4.98 Å². The fourth-order valence-electron chi connectivity index (χ4n) is 2.54. The molecule has 1 saturated heterocycles. The number of hydrogen-bond donors (Lipinski definition) is 3. The van der Waals surface area contributed by atoms with Gasteiger partial charge >= 0.3 is 6.03 Å². The number of halogens is 1. The topological polar surface area (TPSA) is 96.2 Å². The smallest absolute Gasteiger partial charge is 0.330 e. The molecule has 1 aliphatic heterocycles. The summed E-state index contributed by atoms with van der Waals surface area (Å²) >= 11 is 6.04. The third-order valence-electron chi connectivity index (χ3n) is 3.59. The number of piperidine rings is 1. The van der Waals surface area contributed by atoms with Crippen molar-refractivity contribution in [2.75, 3.05) is 23.4 Å². The number of benzene rings is 1. The van der Waals surface area contributed by atoms with E-state index in [0.29, 0.717) is 16.8 Å². The number of urea groups is 1. The van der Waals surface area contributed by atoms with Gasteiger partial charge in [-0.3, -0.25) is 10.9 Å². The first-order valence-electron chi connectivity index (χ1n) is 7.17. The van der Waals surface area contributed by atoms with Gasteiger partial charge < -0.3 is 10.6 Å². The van der Waals surface area contributed by atoms with Crippen LogP contribution in [0.15, 0.2) is 18.2 Å². The van der Waals surface area contributed by atoms with Crippen LogP contribution in [0, 0.1) is 0 Å². The monoisotopic (exact) mass is 320 g/mol. The van der Waals surface area contributed by atoms with Crippen molar-refractivity contribution >= 4 is 40.3 Å². The van der Waals surface area contributed by atoms with Crippen LogP contribution in [0.2, 0.25) is 5.02 Å². The van der Waals surface area contributed by atoms with E-state index in [-0.39, 0.29) is 0 Å². The summed E-state index contributed by atoms with van der Waals surface area (Å²) in [5.74, 6) is 1.12. The van der Waals surface area contributed by atoms with E-state index in [1.807, 2.05) is 6.07 Å². The highest BCUT2D eigenvalue weighted by molar-refractivity contribution is 6.31. The van der Waals surface area contributed by atoms with Crippen molar-refractivity contribution < 1.29 is 4.79 Å². The maximum Gasteiger partial charge on any atom is 0.330 e. The molecule has 3 rings (SSSR count). The molecule has 2 aromatic rings. The highest BCUT2D eigenvalue weighted by Gasteiger charge is 2.16. The van der Waals surface area contributed by atoms with Gasteiger partial charge in [-0.1, -0.05) is 11.6 Å². The molecular weight excluding hydrogens is 304 g/mol. The van der Waals surface area contributed by atoms with E-state index in [1.165, 1.54) is 6.42 Å². The zero-order valence-electron chi connectivity index (χ0n) is 12.0. The van der Waals surface area contributed by atoms with Crippen molar-refractivity contribution in [3.05, 3.63) is 23.2 Å².